The number of esters is 1. The van der Waals surface area contributed by atoms with Gasteiger partial charge in [-0.05, 0) is 26.0 Å². The number of aliphatic hydroxyl groups excluding tert-OH is 1. The highest BCUT2D eigenvalue weighted by molar-refractivity contribution is 6.18. The SMILES string of the molecule is CCOC(=O)C(C(N)=N/N=C/c1ccco1)=C(O)OCC. The smallest absolute Gasteiger partial charge is 0.349 e. The van der Waals surface area contributed by atoms with Gasteiger partial charge in [0.25, 0.3) is 5.95 Å². The number of rotatable bonds is 7. The van der Waals surface area contributed by atoms with Gasteiger partial charge in [0, 0.05) is 0 Å². The van der Waals surface area contributed by atoms with Crippen LogP contribution >= 0.6 is 0 Å². The highest BCUT2D eigenvalue weighted by atomic mass is 16.6. The van der Waals surface area contributed by atoms with Gasteiger partial charge in [-0.1, -0.05) is 0 Å². The first-order valence-electron chi connectivity index (χ1n) is 6.23. The van der Waals surface area contributed by atoms with Gasteiger partial charge < -0.3 is 24.7 Å². The Balaban J connectivity index is 2.96. The molecule has 0 radical (unpaired) electrons. The highest BCUT2D eigenvalue weighted by Crippen LogP contribution is 2.07. The van der Waals surface area contributed by atoms with E-state index in [0.717, 1.165) is 0 Å². The Morgan fingerprint density at radius 3 is 2.71 bits per heavy atom. The molecule has 0 unspecified atom stereocenters. The number of hydrogen-bond donors (Lipinski definition) is 2. The number of carbonyl (C=O) groups excluding carboxylic acids is 1. The van der Waals surface area contributed by atoms with Crippen LogP contribution in [0.1, 0.15) is 19.6 Å². The van der Waals surface area contributed by atoms with Crippen molar-refractivity contribution in [3.63, 3.8) is 0 Å². The number of hydrogen-bond acceptors (Lipinski definition) is 7. The molecule has 0 spiro atoms. The quantitative estimate of drug-likeness (QED) is 0.195. The molecule has 0 aromatic carbocycles. The summed E-state index contributed by atoms with van der Waals surface area (Å²) in [7, 11) is 0. The lowest BCUT2D eigenvalue weighted by Crippen LogP contribution is -2.25. The number of nitrogens with two attached hydrogens (primary N) is 1. The van der Waals surface area contributed by atoms with Crippen molar-refractivity contribution in [1.82, 2.24) is 0 Å². The predicted octanol–water partition coefficient (Wildman–Crippen LogP) is 1.34. The number of nitrogens with zero attached hydrogens (tertiary/aromatic N) is 2. The second-order valence-electron chi connectivity index (χ2n) is 3.58. The van der Waals surface area contributed by atoms with Crippen LogP contribution in [0.25, 0.3) is 0 Å². The molecule has 0 aliphatic carbocycles. The first kappa shape index (κ1) is 16.3. The van der Waals surface area contributed by atoms with E-state index in [4.69, 9.17) is 19.6 Å². The van der Waals surface area contributed by atoms with Crippen LogP contribution in [0.2, 0.25) is 0 Å². The molecule has 1 aromatic heterocycles. The van der Waals surface area contributed by atoms with Gasteiger partial charge in [0.05, 0.1) is 25.7 Å². The number of furan rings is 1. The van der Waals surface area contributed by atoms with Gasteiger partial charge in [0.1, 0.15) is 5.76 Å². The molecule has 0 fully saturated rings. The first-order valence-corrected chi connectivity index (χ1v) is 6.23. The summed E-state index contributed by atoms with van der Waals surface area (Å²) in [4.78, 5) is 11.7. The lowest BCUT2D eigenvalue weighted by atomic mass is 10.2. The predicted molar refractivity (Wildman–Crippen MR) is 75.8 cm³/mol. The van der Waals surface area contributed by atoms with E-state index < -0.39 is 11.9 Å². The minimum absolute atomic E-state index is 0.116. The maximum absolute atomic E-state index is 11.7. The van der Waals surface area contributed by atoms with Gasteiger partial charge in [-0.25, -0.2) is 4.79 Å². The number of aliphatic hydroxyl groups is 1. The third-order valence-corrected chi connectivity index (χ3v) is 2.12. The van der Waals surface area contributed by atoms with Crippen molar-refractivity contribution in [2.75, 3.05) is 13.2 Å². The van der Waals surface area contributed by atoms with Crippen molar-refractivity contribution >= 4 is 18.0 Å². The molecule has 1 heterocycles. The van der Waals surface area contributed by atoms with Crippen LogP contribution in [0.15, 0.2) is 44.5 Å². The Morgan fingerprint density at radius 2 is 2.14 bits per heavy atom. The van der Waals surface area contributed by atoms with E-state index in [1.807, 2.05) is 0 Å². The van der Waals surface area contributed by atoms with Gasteiger partial charge in [0.2, 0.25) is 0 Å². The van der Waals surface area contributed by atoms with Crippen molar-refractivity contribution in [1.29, 1.82) is 0 Å². The summed E-state index contributed by atoms with van der Waals surface area (Å²) in [5, 5.41) is 17.0. The Morgan fingerprint density at radius 1 is 1.43 bits per heavy atom. The maximum atomic E-state index is 11.7. The zero-order chi connectivity index (χ0) is 15.7. The van der Waals surface area contributed by atoms with Crippen LogP contribution in [0, 0.1) is 0 Å². The van der Waals surface area contributed by atoms with E-state index in [-0.39, 0.29) is 24.6 Å². The van der Waals surface area contributed by atoms with Crippen molar-refractivity contribution < 1.29 is 23.8 Å². The minimum Gasteiger partial charge on any atom is -0.480 e. The molecule has 0 saturated heterocycles. The fourth-order valence-electron chi connectivity index (χ4n) is 1.28. The van der Waals surface area contributed by atoms with Crippen molar-refractivity contribution in [2.45, 2.75) is 13.8 Å². The molecule has 0 saturated carbocycles. The monoisotopic (exact) mass is 295 g/mol. The Hall–Kier alpha value is -2.77. The molecule has 0 aliphatic rings. The van der Waals surface area contributed by atoms with E-state index in [0.29, 0.717) is 5.76 Å². The lowest BCUT2D eigenvalue weighted by Gasteiger charge is -2.08. The summed E-state index contributed by atoms with van der Waals surface area (Å²) in [6.45, 7) is 3.53. The van der Waals surface area contributed by atoms with E-state index in [1.54, 1.807) is 26.0 Å². The summed E-state index contributed by atoms with van der Waals surface area (Å²) >= 11 is 0. The molecule has 21 heavy (non-hydrogen) atoms. The summed E-state index contributed by atoms with van der Waals surface area (Å²) in [6, 6.07) is 3.34. The average molecular weight is 295 g/mol. The molecule has 3 N–H and O–H groups in total. The molecule has 8 heteroatoms. The molecule has 0 atom stereocenters. The maximum Gasteiger partial charge on any atom is 0.349 e. The number of ether oxygens (including phenoxy) is 2. The lowest BCUT2D eigenvalue weighted by molar-refractivity contribution is -0.138. The third kappa shape index (κ3) is 5.01. The van der Waals surface area contributed by atoms with Crippen LogP contribution in [0.4, 0.5) is 0 Å². The summed E-state index contributed by atoms with van der Waals surface area (Å²) in [6.07, 6.45) is 2.77. The normalized spacial score (nSPS) is 13.1. The largest absolute Gasteiger partial charge is 0.480 e. The summed E-state index contributed by atoms with van der Waals surface area (Å²) < 4.78 is 14.6. The van der Waals surface area contributed by atoms with Gasteiger partial charge in [-0.3, -0.25) is 0 Å². The van der Waals surface area contributed by atoms with E-state index in [1.165, 1.54) is 12.5 Å². The van der Waals surface area contributed by atoms with Crippen LogP contribution in [0.5, 0.6) is 0 Å². The van der Waals surface area contributed by atoms with Gasteiger partial charge in [0.15, 0.2) is 11.4 Å². The van der Waals surface area contributed by atoms with Crippen molar-refractivity contribution in [2.24, 2.45) is 15.9 Å². The van der Waals surface area contributed by atoms with Crippen molar-refractivity contribution in [3.8, 4) is 0 Å². The van der Waals surface area contributed by atoms with E-state index in [2.05, 4.69) is 10.2 Å². The van der Waals surface area contributed by atoms with Gasteiger partial charge in [-0.15, -0.1) is 5.10 Å². The molecule has 0 bridgehead atoms. The zero-order valence-corrected chi connectivity index (χ0v) is 11.8. The Bertz CT molecular complexity index is 546. The van der Waals surface area contributed by atoms with E-state index >= 15 is 0 Å². The molecular formula is C13H17N3O5. The van der Waals surface area contributed by atoms with Crippen LogP contribution < -0.4 is 5.73 Å². The van der Waals surface area contributed by atoms with Crippen LogP contribution in [0.3, 0.4) is 0 Å². The third-order valence-electron chi connectivity index (χ3n) is 2.12. The number of carbonyl (C=O) groups is 1. The molecule has 114 valence electrons. The summed E-state index contributed by atoms with van der Waals surface area (Å²) in [5.41, 5.74) is 5.25. The highest BCUT2D eigenvalue weighted by Gasteiger charge is 2.22. The number of amidine groups is 1. The summed E-state index contributed by atoms with van der Waals surface area (Å²) in [5.74, 6) is -1.38. The standard InChI is InChI=1S/C13H17N3O5/c1-3-19-12(17)10(13(18)20-4-2)11(14)16-15-8-9-6-5-7-21-9/h5-8,17H,3-4H2,1-2H3,(H2,14,16)/b12-10?,15-8+. The molecular weight excluding hydrogens is 278 g/mol. The topological polar surface area (TPSA) is 120 Å². The second kappa shape index (κ2) is 8.41. The van der Waals surface area contributed by atoms with Crippen LogP contribution in [-0.2, 0) is 14.3 Å². The average Bonchev–Trinajstić information content (AvgIpc) is 2.92. The molecule has 1 rings (SSSR count). The van der Waals surface area contributed by atoms with Gasteiger partial charge >= 0.3 is 5.97 Å². The minimum atomic E-state index is -0.849. The Labute approximate surface area is 121 Å². The molecule has 0 amide bonds. The fraction of sp³-hybridized carbons (Fsp3) is 0.308. The van der Waals surface area contributed by atoms with Crippen LogP contribution in [-0.4, -0.2) is 36.3 Å². The zero-order valence-electron chi connectivity index (χ0n) is 11.8. The molecule has 8 nitrogen and oxygen atoms in total. The fourth-order valence-corrected chi connectivity index (χ4v) is 1.28. The molecule has 1 aromatic rings. The van der Waals surface area contributed by atoms with E-state index in [9.17, 15) is 9.90 Å². The Kier molecular flexibility index (Phi) is 6.52. The second-order valence-corrected chi connectivity index (χ2v) is 3.58. The van der Waals surface area contributed by atoms with Gasteiger partial charge in [-0.2, -0.15) is 5.10 Å². The first-order chi connectivity index (χ1) is 10.1. The van der Waals surface area contributed by atoms with Crippen molar-refractivity contribution in [3.05, 3.63) is 35.7 Å². The molecule has 0 aliphatic heterocycles.